The summed E-state index contributed by atoms with van der Waals surface area (Å²) in [7, 11) is 0. The Balaban J connectivity index is 3.71. The van der Waals surface area contributed by atoms with Gasteiger partial charge in [-0.2, -0.15) is 0 Å². The summed E-state index contributed by atoms with van der Waals surface area (Å²) in [4.78, 5) is 10.7. The van der Waals surface area contributed by atoms with Crippen molar-refractivity contribution in [2.24, 2.45) is 5.73 Å². The molecule has 0 heterocycles. The molecule has 0 aliphatic heterocycles. The van der Waals surface area contributed by atoms with Crippen molar-refractivity contribution in [2.75, 3.05) is 6.61 Å². The number of hydrogen-bond acceptors (Lipinski definition) is 4. The molecule has 0 amide bonds. The molecule has 4 nitrogen and oxygen atoms in total. The maximum atomic E-state index is 10.7. The molecule has 0 aliphatic carbocycles. The maximum Gasteiger partial charge on any atom is 0.325 e. The molecule has 4 heteroatoms. The lowest BCUT2D eigenvalue weighted by Crippen LogP contribution is -2.41. The average Bonchev–Trinajstić information content (AvgIpc) is 1.87. The van der Waals surface area contributed by atoms with E-state index in [1.165, 1.54) is 6.92 Å². The smallest absolute Gasteiger partial charge is 0.325 e. The largest absolute Gasteiger partial charge is 0.465 e. The van der Waals surface area contributed by atoms with Crippen LogP contribution in [-0.4, -0.2) is 29.8 Å². The summed E-state index contributed by atoms with van der Waals surface area (Å²) < 4.78 is 4.54. The Kier molecular flexibility index (Phi) is 3.99. The van der Waals surface area contributed by atoms with Crippen LogP contribution in [0, 0.1) is 0 Å². The van der Waals surface area contributed by atoms with Gasteiger partial charge in [0.05, 0.1) is 12.7 Å². The summed E-state index contributed by atoms with van der Waals surface area (Å²) >= 11 is 0. The van der Waals surface area contributed by atoms with E-state index in [9.17, 15) is 4.79 Å². The van der Waals surface area contributed by atoms with Crippen LogP contribution in [-0.2, 0) is 9.53 Å². The van der Waals surface area contributed by atoms with Gasteiger partial charge in [0, 0.05) is 0 Å². The lowest BCUT2D eigenvalue weighted by molar-refractivity contribution is -0.147. The number of aliphatic hydroxyl groups excluding tert-OH is 1. The Labute approximate surface area is 60.0 Å². The van der Waals surface area contributed by atoms with Crippen molar-refractivity contribution in [1.82, 2.24) is 0 Å². The molecule has 10 heavy (non-hydrogen) atoms. The van der Waals surface area contributed by atoms with Gasteiger partial charge in [-0.05, 0) is 13.8 Å². The van der Waals surface area contributed by atoms with E-state index in [0.29, 0.717) is 6.61 Å². The Bertz CT molecular complexity index is 114. The van der Waals surface area contributed by atoms with Crippen LogP contribution in [0.1, 0.15) is 13.8 Å². The number of hydrogen-bond donors (Lipinski definition) is 2. The Hall–Kier alpha value is -0.610. The molecular formula is C6H13NO3. The zero-order chi connectivity index (χ0) is 8.15. The van der Waals surface area contributed by atoms with Gasteiger partial charge in [-0.15, -0.1) is 0 Å². The van der Waals surface area contributed by atoms with Crippen LogP contribution in [0.3, 0.4) is 0 Å². The Morgan fingerprint density at radius 1 is 1.80 bits per heavy atom. The average molecular weight is 147 g/mol. The van der Waals surface area contributed by atoms with E-state index in [0.717, 1.165) is 0 Å². The molecule has 0 aromatic rings. The number of esters is 1. The summed E-state index contributed by atoms with van der Waals surface area (Å²) in [6, 6.07) is -0.917. The van der Waals surface area contributed by atoms with E-state index in [1.54, 1.807) is 6.92 Å². The van der Waals surface area contributed by atoms with Crippen LogP contribution in [0.2, 0.25) is 0 Å². The van der Waals surface area contributed by atoms with Crippen LogP contribution < -0.4 is 5.73 Å². The van der Waals surface area contributed by atoms with Crippen molar-refractivity contribution < 1.29 is 14.6 Å². The number of nitrogens with two attached hydrogens (primary N) is 1. The molecule has 0 spiro atoms. The third-order valence-electron chi connectivity index (χ3n) is 1.08. The van der Waals surface area contributed by atoms with Crippen molar-refractivity contribution in [3.05, 3.63) is 0 Å². The summed E-state index contributed by atoms with van der Waals surface area (Å²) in [6.45, 7) is 3.42. The van der Waals surface area contributed by atoms with Crippen LogP contribution in [0.15, 0.2) is 0 Å². The van der Waals surface area contributed by atoms with Gasteiger partial charge in [-0.3, -0.25) is 4.79 Å². The second-order valence-corrected chi connectivity index (χ2v) is 2.02. The fourth-order valence-corrected chi connectivity index (χ4v) is 0.435. The highest BCUT2D eigenvalue weighted by Crippen LogP contribution is 1.91. The van der Waals surface area contributed by atoms with Crippen molar-refractivity contribution in [1.29, 1.82) is 0 Å². The predicted molar refractivity (Wildman–Crippen MR) is 36.3 cm³/mol. The number of rotatable bonds is 3. The molecule has 0 aromatic carbocycles. The second-order valence-electron chi connectivity index (χ2n) is 2.02. The number of carbonyl (C=O) groups is 1. The quantitative estimate of drug-likeness (QED) is 0.515. The normalized spacial score (nSPS) is 16.0. The molecule has 0 aromatic heterocycles. The van der Waals surface area contributed by atoms with E-state index < -0.39 is 18.1 Å². The fourth-order valence-electron chi connectivity index (χ4n) is 0.435. The molecule has 0 aliphatic rings. The first kappa shape index (κ1) is 9.39. The van der Waals surface area contributed by atoms with E-state index in [1.807, 2.05) is 0 Å². The van der Waals surface area contributed by atoms with Gasteiger partial charge < -0.3 is 15.6 Å². The minimum absolute atomic E-state index is 0.291. The molecular weight excluding hydrogens is 134 g/mol. The van der Waals surface area contributed by atoms with Crippen LogP contribution in [0.25, 0.3) is 0 Å². The van der Waals surface area contributed by atoms with E-state index >= 15 is 0 Å². The first-order chi connectivity index (χ1) is 4.59. The lowest BCUT2D eigenvalue weighted by atomic mass is 10.2. The first-order valence-electron chi connectivity index (χ1n) is 3.19. The van der Waals surface area contributed by atoms with Gasteiger partial charge in [0.25, 0.3) is 0 Å². The standard InChI is InChI=1S/C6H13NO3/c1-3-10-6(9)5(7)4(2)8/h4-5,8H,3,7H2,1-2H3/t4-,5-/m1/s1. The van der Waals surface area contributed by atoms with E-state index in [2.05, 4.69) is 4.74 Å². The highest BCUT2D eigenvalue weighted by atomic mass is 16.5. The Morgan fingerprint density at radius 2 is 2.30 bits per heavy atom. The van der Waals surface area contributed by atoms with Crippen molar-refractivity contribution >= 4 is 5.97 Å². The zero-order valence-electron chi connectivity index (χ0n) is 6.20. The molecule has 3 N–H and O–H groups in total. The van der Waals surface area contributed by atoms with E-state index in [-0.39, 0.29) is 0 Å². The van der Waals surface area contributed by atoms with Gasteiger partial charge in [-0.1, -0.05) is 0 Å². The minimum atomic E-state index is -0.917. The van der Waals surface area contributed by atoms with Gasteiger partial charge in [0.15, 0.2) is 0 Å². The van der Waals surface area contributed by atoms with Gasteiger partial charge in [0.1, 0.15) is 6.04 Å². The number of aliphatic hydroxyl groups is 1. The predicted octanol–water partition coefficient (Wildman–Crippen LogP) is -0.742. The van der Waals surface area contributed by atoms with Crippen LogP contribution >= 0.6 is 0 Å². The van der Waals surface area contributed by atoms with Crippen molar-refractivity contribution in [3.63, 3.8) is 0 Å². The SMILES string of the molecule is CCOC(=O)[C@H](N)[C@@H](C)O. The highest BCUT2D eigenvalue weighted by Gasteiger charge is 2.19. The minimum Gasteiger partial charge on any atom is -0.465 e. The Morgan fingerprint density at radius 3 is 2.60 bits per heavy atom. The third kappa shape index (κ3) is 2.80. The summed E-state index contributed by atoms with van der Waals surface area (Å²) in [6.07, 6.45) is -0.848. The molecule has 0 saturated carbocycles. The third-order valence-corrected chi connectivity index (χ3v) is 1.08. The first-order valence-corrected chi connectivity index (χ1v) is 3.19. The van der Waals surface area contributed by atoms with Gasteiger partial charge in [0.2, 0.25) is 0 Å². The molecule has 0 bridgehead atoms. The summed E-state index contributed by atoms with van der Waals surface area (Å²) in [5.41, 5.74) is 5.22. The zero-order valence-corrected chi connectivity index (χ0v) is 6.20. The molecule has 0 saturated heterocycles. The van der Waals surface area contributed by atoms with Gasteiger partial charge in [-0.25, -0.2) is 0 Å². The molecule has 2 atom stereocenters. The van der Waals surface area contributed by atoms with Crippen molar-refractivity contribution in [3.8, 4) is 0 Å². The van der Waals surface area contributed by atoms with Crippen LogP contribution in [0.5, 0.6) is 0 Å². The molecule has 0 rings (SSSR count). The van der Waals surface area contributed by atoms with E-state index in [4.69, 9.17) is 10.8 Å². The number of carbonyl (C=O) groups excluding carboxylic acids is 1. The lowest BCUT2D eigenvalue weighted by Gasteiger charge is -2.11. The monoisotopic (exact) mass is 147 g/mol. The molecule has 60 valence electrons. The fraction of sp³-hybridized carbons (Fsp3) is 0.833. The van der Waals surface area contributed by atoms with Crippen molar-refractivity contribution in [2.45, 2.75) is 26.0 Å². The highest BCUT2D eigenvalue weighted by molar-refractivity contribution is 5.76. The van der Waals surface area contributed by atoms with Crippen LogP contribution in [0.4, 0.5) is 0 Å². The topological polar surface area (TPSA) is 72.5 Å². The summed E-state index contributed by atoms with van der Waals surface area (Å²) in [5.74, 6) is -0.558. The molecule has 0 unspecified atom stereocenters. The number of ether oxygens (including phenoxy) is 1. The maximum absolute atomic E-state index is 10.7. The molecule has 0 radical (unpaired) electrons. The summed E-state index contributed by atoms with van der Waals surface area (Å²) in [5, 5.41) is 8.79. The van der Waals surface area contributed by atoms with Gasteiger partial charge >= 0.3 is 5.97 Å². The molecule has 0 fully saturated rings. The second kappa shape index (κ2) is 4.24.